The van der Waals surface area contributed by atoms with Gasteiger partial charge in [0.05, 0.1) is 19.0 Å². The molecule has 6 nitrogen and oxygen atoms in total. The minimum absolute atomic E-state index is 0.00306. The molecule has 1 aromatic heterocycles. The van der Waals surface area contributed by atoms with Crippen LogP contribution >= 0.6 is 23.3 Å². The van der Waals surface area contributed by atoms with Gasteiger partial charge in [0.2, 0.25) is 5.91 Å². The fraction of sp³-hybridized carbons (Fsp3) is 0.438. The molecule has 0 radical (unpaired) electrons. The lowest BCUT2D eigenvalue weighted by atomic mass is 10.2. The van der Waals surface area contributed by atoms with Crippen LogP contribution in [0.2, 0.25) is 0 Å². The molecule has 0 aliphatic carbocycles. The molecule has 1 amide bonds. The SMILES string of the molecule is COc1ccc(-c2nsc(SCC(=O)NC[C@@H]3CCCO3)n2)cc1. The molecule has 1 N–H and O–H groups in total. The Kier molecular flexibility index (Phi) is 6.06. The van der Waals surface area contributed by atoms with E-state index in [-0.39, 0.29) is 12.0 Å². The topological polar surface area (TPSA) is 73.3 Å². The van der Waals surface area contributed by atoms with Crippen molar-refractivity contribution in [3.05, 3.63) is 24.3 Å². The minimum atomic E-state index is -0.00306. The highest BCUT2D eigenvalue weighted by atomic mass is 32.2. The van der Waals surface area contributed by atoms with Crippen LogP contribution in [-0.2, 0) is 9.53 Å². The van der Waals surface area contributed by atoms with Crippen LogP contribution in [0.4, 0.5) is 0 Å². The molecule has 1 aromatic carbocycles. The number of nitrogens with zero attached hydrogens (tertiary/aromatic N) is 2. The quantitative estimate of drug-likeness (QED) is 0.761. The number of ether oxygens (including phenoxy) is 2. The molecule has 1 atom stereocenters. The smallest absolute Gasteiger partial charge is 0.230 e. The van der Waals surface area contributed by atoms with E-state index in [9.17, 15) is 4.79 Å². The number of methoxy groups -OCH3 is 1. The number of hydrogen-bond donors (Lipinski definition) is 1. The predicted octanol–water partition coefficient (Wildman–Crippen LogP) is 2.60. The van der Waals surface area contributed by atoms with Gasteiger partial charge in [0, 0.05) is 18.7 Å². The standard InChI is InChI=1S/C16H19N3O3S2/c1-21-12-6-4-11(5-7-12)15-18-16(24-19-15)23-10-14(20)17-9-13-3-2-8-22-13/h4-7,13H,2-3,8-10H2,1H3,(H,17,20)/t13-/m0/s1. The fourth-order valence-electron chi connectivity index (χ4n) is 2.34. The molecule has 0 spiro atoms. The minimum Gasteiger partial charge on any atom is -0.497 e. The normalized spacial score (nSPS) is 17.0. The Morgan fingerprint density at radius 3 is 3.00 bits per heavy atom. The third kappa shape index (κ3) is 4.68. The van der Waals surface area contributed by atoms with Crippen molar-refractivity contribution in [2.24, 2.45) is 0 Å². The molecule has 0 bridgehead atoms. The average Bonchev–Trinajstić information content (AvgIpc) is 3.30. The van der Waals surface area contributed by atoms with Crippen molar-refractivity contribution in [3.63, 3.8) is 0 Å². The largest absolute Gasteiger partial charge is 0.497 e. The zero-order valence-corrected chi connectivity index (χ0v) is 15.0. The number of benzene rings is 1. The summed E-state index contributed by atoms with van der Waals surface area (Å²) in [5.74, 6) is 1.80. The maximum absolute atomic E-state index is 11.9. The molecule has 1 aliphatic heterocycles. The first kappa shape index (κ1) is 17.2. The summed E-state index contributed by atoms with van der Waals surface area (Å²) in [6.07, 6.45) is 2.27. The van der Waals surface area contributed by atoms with E-state index >= 15 is 0 Å². The highest BCUT2D eigenvalue weighted by Gasteiger charge is 2.16. The lowest BCUT2D eigenvalue weighted by Gasteiger charge is -2.09. The lowest BCUT2D eigenvalue weighted by Crippen LogP contribution is -2.32. The Balaban J connectivity index is 1.47. The predicted molar refractivity (Wildman–Crippen MR) is 94.6 cm³/mol. The van der Waals surface area contributed by atoms with Crippen LogP contribution in [0.15, 0.2) is 28.6 Å². The maximum atomic E-state index is 11.9. The molecule has 2 heterocycles. The summed E-state index contributed by atoms with van der Waals surface area (Å²) in [6.45, 7) is 1.39. The van der Waals surface area contributed by atoms with Crippen molar-refractivity contribution in [2.45, 2.75) is 23.3 Å². The Labute approximate surface area is 149 Å². The number of hydrogen-bond acceptors (Lipinski definition) is 7. The number of nitrogens with one attached hydrogen (secondary N) is 1. The molecule has 8 heteroatoms. The number of rotatable bonds is 7. The van der Waals surface area contributed by atoms with Gasteiger partial charge in [-0.1, -0.05) is 11.8 Å². The zero-order chi connectivity index (χ0) is 16.8. The summed E-state index contributed by atoms with van der Waals surface area (Å²) in [5, 5.41) is 2.90. The number of amides is 1. The van der Waals surface area contributed by atoms with E-state index in [1.807, 2.05) is 24.3 Å². The molecule has 3 rings (SSSR count). The van der Waals surface area contributed by atoms with Gasteiger partial charge in [0.25, 0.3) is 0 Å². The van der Waals surface area contributed by atoms with Gasteiger partial charge in [-0.05, 0) is 48.6 Å². The maximum Gasteiger partial charge on any atom is 0.230 e. The molecule has 0 saturated carbocycles. The van der Waals surface area contributed by atoms with Crippen molar-refractivity contribution >= 4 is 29.2 Å². The summed E-state index contributed by atoms with van der Waals surface area (Å²) in [7, 11) is 1.63. The van der Waals surface area contributed by atoms with Crippen LogP contribution in [0, 0.1) is 0 Å². The summed E-state index contributed by atoms with van der Waals surface area (Å²) in [5.41, 5.74) is 0.932. The van der Waals surface area contributed by atoms with E-state index in [0.717, 1.165) is 35.1 Å². The summed E-state index contributed by atoms with van der Waals surface area (Å²) < 4.78 is 15.8. The van der Waals surface area contributed by atoms with E-state index in [1.54, 1.807) is 7.11 Å². The molecular weight excluding hydrogens is 346 g/mol. The molecule has 1 fully saturated rings. The molecular formula is C16H19N3O3S2. The third-order valence-electron chi connectivity index (χ3n) is 3.63. The summed E-state index contributed by atoms with van der Waals surface area (Å²) in [4.78, 5) is 16.3. The molecule has 24 heavy (non-hydrogen) atoms. The second kappa shape index (κ2) is 8.46. The summed E-state index contributed by atoms with van der Waals surface area (Å²) >= 11 is 2.71. The Hall–Kier alpha value is -1.64. The van der Waals surface area contributed by atoms with Gasteiger partial charge >= 0.3 is 0 Å². The van der Waals surface area contributed by atoms with Crippen LogP contribution in [0.1, 0.15) is 12.8 Å². The van der Waals surface area contributed by atoms with Gasteiger partial charge in [-0.25, -0.2) is 4.98 Å². The van der Waals surface area contributed by atoms with Crippen molar-refractivity contribution in [2.75, 3.05) is 26.0 Å². The van der Waals surface area contributed by atoms with Crippen LogP contribution in [0.3, 0.4) is 0 Å². The number of aromatic nitrogens is 2. The number of thioether (sulfide) groups is 1. The zero-order valence-electron chi connectivity index (χ0n) is 13.4. The van der Waals surface area contributed by atoms with Gasteiger partial charge in [0.1, 0.15) is 5.75 Å². The van der Waals surface area contributed by atoms with Crippen LogP contribution in [-0.4, -0.2) is 47.4 Å². The first-order valence-corrected chi connectivity index (χ1v) is 9.50. The number of carbonyl (C=O) groups is 1. The Morgan fingerprint density at radius 1 is 1.46 bits per heavy atom. The van der Waals surface area contributed by atoms with E-state index < -0.39 is 0 Å². The van der Waals surface area contributed by atoms with Gasteiger partial charge in [0.15, 0.2) is 10.2 Å². The molecule has 1 aliphatic rings. The van der Waals surface area contributed by atoms with Gasteiger partial charge in [-0.2, -0.15) is 4.37 Å². The lowest BCUT2D eigenvalue weighted by molar-refractivity contribution is -0.119. The first-order valence-electron chi connectivity index (χ1n) is 7.74. The average molecular weight is 365 g/mol. The molecule has 2 aromatic rings. The highest BCUT2D eigenvalue weighted by molar-refractivity contribution is 8.01. The van der Waals surface area contributed by atoms with Gasteiger partial charge < -0.3 is 14.8 Å². The van der Waals surface area contributed by atoms with Crippen molar-refractivity contribution in [3.8, 4) is 17.1 Å². The summed E-state index contributed by atoms with van der Waals surface area (Å²) in [6, 6.07) is 7.59. The van der Waals surface area contributed by atoms with E-state index in [1.165, 1.54) is 23.3 Å². The molecule has 128 valence electrons. The highest BCUT2D eigenvalue weighted by Crippen LogP contribution is 2.26. The second-order valence-corrected chi connectivity index (χ2v) is 7.31. The van der Waals surface area contributed by atoms with Crippen LogP contribution in [0.25, 0.3) is 11.4 Å². The van der Waals surface area contributed by atoms with E-state index in [4.69, 9.17) is 9.47 Å². The van der Waals surface area contributed by atoms with Crippen molar-refractivity contribution in [1.29, 1.82) is 0 Å². The fourth-order valence-corrected chi connectivity index (χ4v) is 3.78. The van der Waals surface area contributed by atoms with Crippen molar-refractivity contribution in [1.82, 2.24) is 14.7 Å². The van der Waals surface area contributed by atoms with E-state index in [0.29, 0.717) is 18.1 Å². The number of carbonyl (C=O) groups excluding carboxylic acids is 1. The monoisotopic (exact) mass is 365 g/mol. The first-order chi connectivity index (χ1) is 11.7. The Bertz CT molecular complexity index is 669. The second-order valence-electron chi connectivity index (χ2n) is 5.34. The third-order valence-corrected chi connectivity index (χ3v) is 5.47. The van der Waals surface area contributed by atoms with Gasteiger partial charge in [-0.15, -0.1) is 0 Å². The van der Waals surface area contributed by atoms with Gasteiger partial charge in [-0.3, -0.25) is 4.79 Å². The molecule has 1 saturated heterocycles. The molecule has 0 unspecified atom stereocenters. The van der Waals surface area contributed by atoms with E-state index in [2.05, 4.69) is 14.7 Å². The van der Waals surface area contributed by atoms with Crippen LogP contribution in [0.5, 0.6) is 5.75 Å². The Morgan fingerprint density at radius 2 is 2.29 bits per heavy atom. The van der Waals surface area contributed by atoms with Crippen molar-refractivity contribution < 1.29 is 14.3 Å². The van der Waals surface area contributed by atoms with Crippen LogP contribution < -0.4 is 10.1 Å².